The van der Waals surface area contributed by atoms with E-state index in [-0.39, 0.29) is 28.7 Å². The molecule has 1 atom stereocenters. The molecule has 11 heteroatoms. The van der Waals surface area contributed by atoms with Crippen LogP contribution >= 0.6 is 22.9 Å². The molecule has 0 aliphatic rings. The minimum Gasteiger partial charge on any atom is -0.497 e. The number of methoxy groups -OCH3 is 1. The van der Waals surface area contributed by atoms with E-state index >= 15 is 0 Å². The number of amides is 3. The standard InChI is InChI=1S/C23H27N5O4S2/c1-23(2,3)26-21(30)18(15-6-5-11-33-15)28(12-13-7-9-14(32-4)10-8-13)22(31)19-16(24)17(20(25)29)27-34-19/h5-11,18H,12,24H2,1-4H3,(H2,25,29)(H,26,30)/t18-/m0/s1. The molecule has 34 heavy (non-hydrogen) atoms. The third kappa shape index (κ3) is 5.72. The zero-order valence-electron chi connectivity index (χ0n) is 19.3. The first-order valence-electron chi connectivity index (χ1n) is 10.4. The van der Waals surface area contributed by atoms with Gasteiger partial charge in [-0.3, -0.25) is 14.4 Å². The maximum Gasteiger partial charge on any atom is 0.270 e. The minimum absolute atomic E-state index is 0.0485. The van der Waals surface area contributed by atoms with Crippen LogP contribution in [0.2, 0.25) is 0 Å². The molecule has 5 N–H and O–H groups in total. The van der Waals surface area contributed by atoms with Crippen molar-refractivity contribution < 1.29 is 19.1 Å². The van der Waals surface area contributed by atoms with Gasteiger partial charge in [0.25, 0.3) is 11.8 Å². The number of thiophene rings is 1. The van der Waals surface area contributed by atoms with Crippen molar-refractivity contribution in [2.24, 2.45) is 5.73 Å². The van der Waals surface area contributed by atoms with Gasteiger partial charge in [0.2, 0.25) is 5.91 Å². The predicted molar refractivity (Wildman–Crippen MR) is 133 cm³/mol. The van der Waals surface area contributed by atoms with Crippen LogP contribution in [0.1, 0.15) is 57.4 Å². The molecule has 0 spiro atoms. The van der Waals surface area contributed by atoms with Crippen LogP contribution in [0.25, 0.3) is 0 Å². The largest absolute Gasteiger partial charge is 0.497 e. The number of carbonyl (C=O) groups is 3. The van der Waals surface area contributed by atoms with Gasteiger partial charge in [0, 0.05) is 17.0 Å². The summed E-state index contributed by atoms with van der Waals surface area (Å²) in [5.74, 6) is -1.02. The average molecular weight is 502 g/mol. The zero-order valence-corrected chi connectivity index (χ0v) is 21.0. The summed E-state index contributed by atoms with van der Waals surface area (Å²) in [6.45, 7) is 5.71. The Morgan fingerprint density at radius 3 is 2.35 bits per heavy atom. The first kappa shape index (κ1) is 25.2. The maximum atomic E-state index is 13.8. The van der Waals surface area contributed by atoms with Crippen LogP contribution < -0.4 is 21.5 Å². The van der Waals surface area contributed by atoms with Crippen molar-refractivity contribution in [1.29, 1.82) is 0 Å². The van der Waals surface area contributed by atoms with Gasteiger partial charge >= 0.3 is 0 Å². The lowest BCUT2D eigenvalue weighted by molar-refractivity contribution is -0.127. The van der Waals surface area contributed by atoms with Gasteiger partial charge in [-0.15, -0.1) is 11.3 Å². The van der Waals surface area contributed by atoms with Crippen molar-refractivity contribution in [1.82, 2.24) is 14.6 Å². The summed E-state index contributed by atoms with van der Waals surface area (Å²) in [5, 5.41) is 4.81. The van der Waals surface area contributed by atoms with E-state index in [4.69, 9.17) is 16.2 Å². The van der Waals surface area contributed by atoms with Gasteiger partial charge in [-0.2, -0.15) is 4.37 Å². The number of carbonyl (C=O) groups excluding carboxylic acids is 3. The molecule has 3 rings (SSSR count). The zero-order chi connectivity index (χ0) is 25.0. The van der Waals surface area contributed by atoms with Gasteiger partial charge in [0.05, 0.1) is 12.8 Å². The second-order valence-electron chi connectivity index (χ2n) is 8.58. The van der Waals surface area contributed by atoms with Crippen molar-refractivity contribution in [3.8, 4) is 5.75 Å². The van der Waals surface area contributed by atoms with Gasteiger partial charge in [-0.1, -0.05) is 18.2 Å². The minimum atomic E-state index is -0.938. The van der Waals surface area contributed by atoms with Crippen LogP contribution in [0.5, 0.6) is 5.75 Å². The molecule has 0 saturated heterocycles. The van der Waals surface area contributed by atoms with Crippen LogP contribution in [0.3, 0.4) is 0 Å². The van der Waals surface area contributed by atoms with Gasteiger partial charge in [0.1, 0.15) is 16.7 Å². The number of hydrogen-bond donors (Lipinski definition) is 3. The Kier molecular flexibility index (Phi) is 7.57. The first-order chi connectivity index (χ1) is 16.0. The molecule has 0 saturated carbocycles. The summed E-state index contributed by atoms with van der Waals surface area (Å²) in [7, 11) is 1.57. The number of rotatable bonds is 8. The van der Waals surface area contributed by atoms with Crippen LogP contribution in [-0.4, -0.2) is 39.6 Å². The fraction of sp³-hybridized carbons (Fsp3) is 0.304. The quantitative estimate of drug-likeness (QED) is 0.433. The Balaban J connectivity index is 2.10. The molecule has 180 valence electrons. The van der Waals surface area contributed by atoms with Crippen molar-refractivity contribution in [2.45, 2.75) is 38.9 Å². The summed E-state index contributed by atoms with van der Waals surface area (Å²) >= 11 is 2.15. The van der Waals surface area contributed by atoms with Gasteiger partial charge in [-0.05, 0) is 61.4 Å². The summed E-state index contributed by atoms with van der Waals surface area (Å²) in [5.41, 5.74) is 11.4. The number of anilines is 1. The second-order valence-corrected chi connectivity index (χ2v) is 10.3. The van der Waals surface area contributed by atoms with Gasteiger partial charge < -0.3 is 26.4 Å². The molecule has 0 aliphatic carbocycles. The highest BCUT2D eigenvalue weighted by atomic mass is 32.1. The number of nitrogens with zero attached hydrogens (tertiary/aromatic N) is 2. The van der Waals surface area contributed by atoms with Crippen LogP contribution in [0.4, 0.5) is 5.69 Å². The molecular formula is C23H27N5O4S2. The molecule has 1 aromatic carbocycles. The third-order valence-electron chi connectivity index (χ3n) is 4.80. The number of hydrogen-bond acceptors (Lipinski definition) is 8. The lowest BCUT2D eigenvalue weighted by Crippen LogP contribution is -2.48. The normalized spacial score (nSPS) is 12.1. The Bertz CT molecular complexity index is 1170. The van der Waals surface area contributed by atoms with Crippen molar-refractivity contribution in [3.05, 3.63) is 62.8 Å². The number of ether oxygens (including phenoxy) is 1. The number of nitrogens with one attached hydrogen (secondary N) is 1. The Labute approximate surface area is 205 Å². The Morgan fingerprint density at radius 1 is 1.18 bits per heavy atom. The third-order valence-corrected chi connectivity index (χ3v) is 6.58. The molecule has 0 bridgehead atoms. The SMILES string of the molecule is COc1ccc(CN(C(=O)c2snc(C(N)=O)c2N)[C@H](C(=O)NC(C)(C)C)c2cccs2)cc1. The number of aromatic nitrogens is 1. The van der Waals surface area contributed by atoms with E-state index in [1.54, 1.807) is 25.3 Å². The number of nitrogen functional groups attached to an aromatic ring is 1. The first-order valence-corrected chi connectivity index (χ1v) is 12.0. The fourth-order valence-corrected chi connectivity index (χ4v) is 4.87. The highest BCUT2D eigenvalue weighted by molar-refractivity contribution is 7.10. The van der Waals surface area contributed by atoms with Gasteiger partial charge in [-0.25, -0.2) is 0 Å². The second kappa shape index (κ2) is 10.2. The number of benzene rings is 1. The monoisotopic (exact) mass is 501 g/mol. The van der Waals surface area contributed by atoms with E-state index < -0.39 is 23.4 Å². The summed E-state index contributed by atoms with van der Waals surface area (Å²) in [4.78, 5) is 41.1. The maximum absolute atomic E-state index is 13.8. The molecular weight excluding hydrogens is 474 g/mol. The summed E-state index contributed by atoms with van der Waals surface area (Å²) in [6, 6.07) is 9.87. The molecule has 2 heterocycles. The number of primary amides is 1. The topological polar surface area (TPSA) is 141 Å². The van der Waals surface area contributed by atoms with Gasteiger partial charge in [0.15, 0.2) is 5.69 Å². The van der Waals surface area contributed by atoms with E-state index in [1.165, 1.54) is 16.2 Å². The van der Waals surface area contributed by atoms with Crippen molar-refractivity contribution in [3.63, 3.8) is 0 Å². The molecule has 0 radical (unpaired) electrons. The Morgan fingerprint density at radius 2 is 1.85 bits per heavy atom. The average Bonchev–Trinajstić information content (AvgIpc) is 3.42. The molecule has 3 aromatic rings. The van der Waals surface area contributed by atoms with Crippen LogP contribution in [0, 0.1) is 0 Å². The van der Waals surface area contributed by atoms with E-state index in [0.717, 1.165) is 17.1 Å². The highest BCUT2D eigenvalue weighted by Crippen LogP contribution is 2.32. The van der Waals surface area contributed by atoms with Crippen LogP contribution in [0.15, 0.2) is 41.8 Å². The lowest BCUT2D eigenvalue weighted by atomic mass is 10.1. The molecule has 3 amide bonds. The highest BCUT2D eigenvalue weighted by Gasteiger charge is 2.36. The fourth-order valence-electron chi connectivity index (χ4n) is 3.28. The molecule has 9 nitrogen and oxygen atoms in total. The van der Waals surface area contributed by atoms with E-state index in [2.05, 4.69) is 9.69 Å². The molecule has 0 fully saturated rings. The van der Waals surface area contributed by atoms with E-state index in [1.807, 2.05) is 44.4 Å². The predicted octanol–water partition coefficient (Wildman–Crippen LogP) is 3.19. The molecule has 0 aliphatic heterocycles. The van der Waals surface area contributed by atoms with Crippen LogP contribution in [-0.2, 0) is 11.3 Å². The summed E-state index contributed by atoms with van der Waals surface area (Å²) < 4.78 is 9.18. The molecule has 0 unspecified atom stereocenters. The molecule has 2 aromatic heterocycles. The number of nitrogens with two attached hydrogens (primary N) is 2. The smallest absolute Gasteiger partial charge is 0.270 e. The lowest BCUT2D eigenvalue weighted by Gasteiger charge is -2.33. The van der Waals surface area contributed by atoms with E-state index in [9.17, 15) is 14.4 Å². The van der Waals surface area contributed by atoms with Crippen molar-refractivity contribution in [2.75, 3.05) is 12.8 Å². The summed E-state index contributed by atoms with van der Waals surface area (Å²) in [6.07, 6.45) is 0. The van der Waals surface area contributed by atoms with Crippen molar-refractivity contribution >= 4 is 46.3 Å². The Hall–Kier alpha value is -3.44. The van der Waals surface area contributed by atoms with E-state index in [0.29, 0.717) is 10.6 Å².